The van der Waals surface area contributed by atoms with Crippen LogP contribution in [-0.2, 0) is 23.5 Å². The Labute approximate surface area is 133 Å². The van der Waals surface area contributed by atoms with Crippen LogP contribution in [-0.4, -0.2) is 39.1 Å². The van der Waals surface area contributed by atoms with Crippen molar-refractivity contribution in [2.24, 2.45) is 11.8 Å². The van der Waals surface area contributed by atoms with Gasteiger partial charge in [-0.05, 0) is 18.1 Å². The molecular weight excluding hydrogens is 300 g/mol. The van der Waals surface area contributed by atoms with Crippen LogP contribution in [0.15, 0.2) is 0 Å². The maximum Gasteiger partial charge on any atom is 0.306 e. The SMILES string of the molecule is CC(=O)O[C@H]1C[C@H]2OC(=O)C[C@H]2[C@@H]1CO[Si](C)(C)C(C)(C)C. The van der Waals surface area contributed by atoms with Gasteiger partial charge in [-0.2, -0.15) is 0 Å². The van der Waals surface area contributed by atoms with Gasteiger partial charge in [-0.3, -0.25) is 9.59 Å². The Bertz CT molecular complexity index is 454. The molecule has 0 aromatic heterocycles. The number of ether oxygens (including phenoxy) is 2. The van der Waals surface area contributed by atoms with Crippen molar-refractivity contribution in [3.63, 3.8) is 0 Å². The Hall–Kier alpha value is -0.883. The molecule has 1 aliphatic carbocycles. The third kappa shape index (κ3) is 3.54. The Morgan fingerprint density at radius 3 is 2.55 bits per heavy atom. The molecule has 1 saturated heterocycles. The normalized spacial score (nSPS) is 31.8. The molecule has 0 bridgehead atoms. The van der Waals surface area contributed by atoms with Crippen LogP contribution in [0.1, 0.15) is 40.5 Å². The molecule has 6 heteroatoms. The lowest BCUT2D eigenvalue weighted by atomic mass is 9.93. The van der Waals surface area contributed by atoms with Crippen LogP contribution in [0.3, 0.4) is 0 Å². The topological polar surface area (TPSA) is 61.8 Å². The van der Waals surface area contributed by atoms with E-state index in [4.69, 9.17) is 13.9 Å². The molecule has 0 aromatic carbocycles. The van der Waals surface area contributed by atoms with E-state index in [1.54, 1.807) is 0 Å². The van der Waals surface area contributed by atoms with Crippen LogP contribution in [0.2, 0.25) is 18.1 Å². The van der Waals surface area contributed by atoms with Crippen LogP contribution in [0.4, 0.5) is 0 Å². The van der Waals surface area contributed by atoms with Gasteiger partial charge in [0, 0.05) is 31.8 Å². The summed E-state index contributed by atoms with van der Waals surface area (Å²) in [5, 5.41) is 0.129. The average molecular weight is 328 g/mol. The highest BCUT2D eigenvalue weighted by Crippen LogP contribution is 2.44. The monoisotopic (exact) mass is 328 g/mol. The zero-order valence-corrected chi connectivity index (χ0v) is 15.5. The Kier molecular flexibility index (Phi) is 4.73. The summed E-state index contributed by atoms with van der Waals surface area (Å²) in [6.07, 6.45) is 0.686. The second kappa shape index (κ2) is 5.96. The average Bonchev–Trinajstić information content (AvgIpc) is 2.80. The lowest BCUT2D eigenvalue weighted by molar-refractivity contribution is -0.150. The molecule has 0 aromatic rings. The van der Waals surface area contributed by atoms with E-state index in [2.05, 4.69) is 33.9 Å². The summed E-state index contributed by atoms with van der Waals surface area (Å²) in [6, 6.07) is 0. The van der Waals surface area contributed by atoms with Crippen LogP contribution in [0.25, 0.3) is 0 Å². The molecule has 2 fully saturated rings. The standard InChI is InChI=1S/C16H28O5Si/c1-10(17)20-14-8-13-11(7-15(18)21-13)12(14)9-19-22(5,6)16(2,3)4/h11-14H,7-9H2,1-6H3/t11-,12-,13+,14-/m0/s1. The van der Waals surface area contributed by atoms with Crippen molar-refractivity contribution in [1.82, 2.24) is 0 Å². The largest absolute Gasteiger partial charge is 0.462 e. The van der Waals surface area contributed by atoms with Crippen LogP contribution >= 0.6 is 0 Å². The van der Waals surface area contributed by atoms with E-state index in [9.17, 15) is 9.59 Å². The molecule has 22 heavy (non-hydrogen) atoms. The van der Waals surface area contributed by atoms with Gasteiger partial charge in [0.05, 0.1) is 6.42 Å². The number of esters is 2. The molecule has 0 N–H and O–H groups in total. The number of rotatable bonds is 4. The third-order valence-electron chi connectivity index (χ3n) is 5.41. The number of fused-ring (bicyclic) bond motifs is 1. The lowest BCUT2D eigenvalue weighted by Gasteiger charge is -2.38. The second-order valence-electron chi connectivity index (χ2n) is 8.02. The van der Waals surface area contributed by atoms with Gasteiger partial charge in [0.25, 0.3) is 0 Å². The molecule has 5 nitrogen and oxygen atoms in total. The first-order valence-electron chi connectivity index (χ1n) is 8.02. The summed E-state index contributed by atoms with van der Waals surface area (Å²) in [5.41, 5.74) is 0. The quantitative estimate of drug-likeness (QED) is 0.586. The minimum absolute atomic E-state index is 0.0504. The van der Waals surface area contributed by atoms with E-state index in [0.29, 0.717) is 19.4 Å². The summed E-state index contributed by atoms with van der Waals surface area (Å²) >= 11 is 0. The summed E-state index contributed by atoms with van der Waals surface area (Å²) in [7, 11) is -1.87. The van der Waals surface area contributed by atoms with Gasteiger partial charge in [0.2, 0.25) is 0 Å². The molecule has 1 heterocycles. The van der Waals surface area contributed by atoms with Crippen molar-refractivity contribution in [3.8, 4) is 0 Å². The van der Waals surface area contributed by atoms with Crippen LogP contribution in [0.5, 0.6) is 0 Å². The number of carbonyl (C=O) groups excluding carboxylic acids is 2. The Morgan fingerprint density at radius 2 is 2.00 bits per heavy atom. The summed E-state index contributed by atoms with van der Waals surface area (Å²) in [6.45, 7) is 13.0. The maximum atomic E-state index is 11.5. The fourth-order valence-corrected chi connectivity index (χ4v) is 4.10. The Morgan fingerprint density at radius 1 is 1.36 bits per heavy atom. The molecule has 0 radical (unpaired) electrons. The fourth-order valence-electron chi connectivity index (χ4n) is 3.06. The Balaban J connectivity index is 2.07. The van der Waals surface area contributed by atoms with E-state index in [1.807, 2.05) is 0 Å². The smallest absolute Gasteiger partial charge is 0.306 e. The summed E-state index contributed by atoms with van der Waals surface area (Å²) in [5.74, 6) is -0.265. The van der Waals surface area contributed by atoms with Gasteiger partial charge in [0.1, 0.15) is 12.2 Å². The molecule has 126 valence electrons. The van der Waals surface area contributed by atoms with Gasteiger partial charge < -0.3 is 13.9 Å². The van der Waals surface area contributed by atoms with Crippen LogP contribution < -0.4 is 0 Å². The van der Waals surface area contributed by atoms with Gasteiger partial charge >= 0.3 is 11.9 Å². The number of carbonyl (C=O) groups is 2. The molecule has 0 amide bonds. The predicted octanol–water partition coefficient (Wildman–Crippen LogP) is 2.89. The minimum atomic E-state index is -1.87. The summed E-state index contributed by atoms with van der Waals surface area (Å²) in [4.78, 5) is 22.9. The van der Waals surface area contributed by atoms with Crippen molar-refractivity contribution in [2.45, 2.75) is 70.9 Å². The van der Waals surface area contributed by atoms with Crippen molar-refractivity contribution in [3.05, 3.63) is 0 Å². The first kappa shape index (κ1) is 17.5. The second-order valence-corrected chi connectivity index (χ2v) is 12.8. The minimum Gasteiger partial charge on any atom is -0.462 e. The molecule has 0 spiro atoms. The van der Waals surface area contributed by atoms with E-state index in [-0.39, 0.29) is 41.0 Å². The molecule has 0 unspecified atom stereocenters. The first-order valence-corrected chi connectivity index (χ1v) is 10.9. The van der Waals surface area contributed by atoms with E-state index < -0.39 is 8.32 Å². The molecule has 1 aliphatic heterocycles. The lowest BCUT2D eigenvalue weighted by Crippen LogP contribution is -2.43. The van der Waals surface area contributed by atoms with Crippen molar-refractivity contribution >= 4 is 20.3 Å². The van der Waals surface area contributed by atoms with Crippen molar-refractivity contribution < 1.29 is 23.5 Å². The zero-order valence-electron chi connectivity index (χ0n) is 14.5. The maximum absolute atomic E-state index is 11.5. The predicted molar refractivity (Wildman–Crippen MR) is 84.8 cm³/mol. The van der Waals surface area contributed by atoms with Gasteiger partial charge in [-0.15, -0.1) is 0 Å². The summed E-state index contributed by atoms with van der Waals surface area (Å²) < 4.78 is 17.1. The number of hydrogen-bond donors (Lipinski definition) is 0. The third-order valence-corrected chi connectivity index (χ3v) is 9.92. The highest BCUT2D eigenvalue weighted by atomic mass is 28.4. The fraction of sp³-hybridized carbons (Fsp3) is 0.875. The van der Waals surface area contributed by atoms with E-state index >= 15 is 0 Å². The number of hydrogen-bond acceptors (Lipinski definition) is 5. The molecule has 4 atom stereocenters. The highest BCUT2D eigenvalue weighted by Gasteiger charge is 2.52. The van der Waals surface area contributed by atoms with E-state index in [0.717, 1.165) is 0 Å². The van der Waals surface area contributed by atoms with E-state index in [1.165, 1.54) is 6.92 Å². The van der Waals surface area contributed by atoms with Crippen molar-refractivity contribution in [2.75, 3.05) is 6.61 Å². The molecular formula is C16H28O5Si. The molecule has 2 rings (SSSR count). The van der Waals surface area contributed by atoms with Crippen LogP contribution in [0, 0.1) is 11.8 Å². The highest BCUT2D eigenvalue weighted by molar-refractivity contribution is 6.74. The molecule has 1 saturated carbocycles. The van der Waals surface area contributed by atoms with Crippen molar-refractivity contribution in [1.29, 1.82) is 0 Å². The van der Waals surface area contributed by atoms with Gasteiger partial charge in [-0.1, -0.05) is 20.8 Å². The van der Waals surface area contributed by atoms with Gasteiger partial charge in [0.15, 0.2) is 8.32 Å². The van der Waals surface area contributed by atoms with Gasteiger partial charge in [-0.25, -0.2) is 0 Å². The zero-order chi connectivity index (χ0) is 16.7. The first-order chi connectivity index (χ1) is 10.0. The molecule has 2 aliphatic rings.